The molecule has 1 aliphatic heterocycles. The molecule has 0 bridgehead atoms. The van der Waals surface area contributed by atoms with E-state index in [1.54, 1.807) is 12.1 Å². The summed E-state index contributed by atoms with van der Waals surface area (Å²) in [6.07, 6.45) is 4.40. The lowest BCUT2D eigenvalue weighted by atomic mass is 10.1. The van der Waals surface area contributed by atoms with Crippen molar-refractivity contribution in [3.63, 3.8) is 0 Å². The number of nitrogens with zero attached hydrogens (tertiary/aromatic N) is 2. The number of piperidine rings is 1. The summed E-state index contributed by atoms with van der Waals surface area (Å²) in [5, 5.41) is 6.94. The maximum absolute atomic E-state index is 11.5. The normalized spacial score (nSPS) is 15.6. The molecule has 2 N–H and O–H groups in total. The molecular weight excluding hydrogens is 467 g/mol. The molecule has 158 valence electrons. The van der Waals surface area contributed by atoms with Crippen LogP contribution >= 0.6 is 24.0 Å². The fourth-order valence-electron chi connectivity index (χ4n) is 3.35. The van der Waals surface area contributed by atoms with E-state index in [-0.39, 0.29) is 29.9 Å². The van der Waals surface area contributed by atoms with Crippen molar-refractivity contribution in [3.05, 3.63) is 35.4 Å². The summed E-state index contributed by atoms with van der Waals surface area (Å²) in [6.45, 7) is 9.43. The van der Waals surface area contributed by atoms with Gasteiger partial charge in [0.2, 0.25) is 0 Å². The van der Waals surface area contributed by atoms with Gasteiger partial charge in [-0.25, -0.2) is 4.79 Å². The molecule has 0 unspecified atom stereocenters. The third kappa shape index (κ3) is 8.34. The van der Waals surface area contributed by atoms with E-state index in [4.69, 9.17) is 9.73 Å². The smallest absolute Gasteiger partial charge is 0.337 e. The molecule has 0 radical (unpaired) electrons. The Morgan fingerprint density at radius 3 is 2.46 bits per heavy atom. The molecule has 6 nitrogen and oxygen atoms in total. The van der Waals surface area contributed by atoms with Gasteiger partial charge in [-0.1, -0.05) is 19.1 Å². The topological polar surface area (TPSA) is 66.0 Å². The molecule has 1 aliphatic rings. The summed E-state index contributed by atoms with van der Waals surface area (Å²) >= 11 is 0. The maximum Gasteiger partial charge on any atom is 0.337 e. The molecule has 0 saturated carbocycles. The first-order valence-corrected chi connectivity index (χ1v) is 10.1. The number of esters is 1. The van der Waals surface area contributed by atoms with Gasteiger partial charge in [0.1, 0.15) is 0 Å². The molecular formula is C21H35IN4O2. The number of methoxy groups -OCH3 is 1. The van der Waals surface area contributed by atoms with Crippen LogP contribution in [0.3, 0.4) is 0 Å². The SMILES string of the molecule is CCCN1CCC(NC(=NCCc2ccc(C(=O)OC)cc2)NCC)CC1.I. The van der Waals surface area contributed by atoms with Crippen LogP contribution in [0.25, 0.3) is 0 Å². The van der Waals surface area contributed by atoms with Crippen molar-refractivity contribution < 1.29 is 9.53 Å². The second kappa shape index (κ2) is 13.8. The average molecular weight is 502 g/mol. The number of halogens is 1. The summed E-state index contributed by atoms with van der Waals surface area (Å²) in [6, 6.07) is 8.03. The third-order valence-electron chi connectivity index (χ3n) is 4.86. The lowest BCUT2D eigenvalue weighted by Crippen LogP contribution is -2.48. The number of rotatable bonds is 8. The lowest BCUT2D eigenvalue weighted by molar-refractivity contribution is 0.0600. The van der Waals surface area contributed by atoms with Crippen molar-refractivity contribution in [1.82, 2.24) is 15.5 Å². The van der Waals surface area contributed by atoms with Gasteiger partial charge in [-0.2, -0.15) is 0 Å². The maximum atomic E-state index is 11.5. The van der Waals surface area contributed by atoms with Crippen LogP contribution in [0.5, 0.6) is 0 Å². The number of hydrogen-bond acceptors (Lipinski definition) is 4. The molecule has 0 amide bonds. The highest BCUT2D eigenvalue weighted by atomic mass is 127. The fraction of sp³-hybridized carbons (Fsp3) is 0.619. The molecule has 1 saturated heterocycles. The Hall–Kier alpha value is -1.35. The Bertz CT molecular complexity index is 599. The highest BCUT2D eigenvalue weighted by molar-refractivity contribution is 14.0. The van der Waals surface area contributed by atoms with E-state index < -0.39 is 0 Å². The zero-order chi connectivity index (χ0) is 19.5. The fourth-order valence-corrected chi connectivity index (χ4v) is 3.35. The van der Waals surface area contributed by atoms with Gasteiger partial charge < -0.3 is 20.3 Å². The van der Waals surface area contributed by atoms with Crippen molar-refractivity contribution in [1.29, 1.82) is 0 Å². The summed E-state index contributed by atoms with van der Waals surface area (Å²) in [4.78, 5) is 18.7. The minimum absolute atomic E-state index is 0. The molecule has 0 aromatic heterocycles. The molecule has 0 atom stereocenters. The van der Waals surface area contributed by atoms with Crippen LogP contribution in [-0.2, 0) is 11.2 Å². The first kappa shape index (κ1) is 24.7. The van der Waals surface area contributed by atoms with E-state index in [2.05, 4.69) is 29.4 Å². The zero-order valence-electron chi connectivity index (χ0n) is 17.4. The van der Waals surface area contributed by atoms with E-state index in [0.717, 1.165) is 37.6 Å². The zero-order valence-corrected chi connectivity index (χ0v) is 19.7. The second-order valence-corrected chi connectivity index (χ2v) is 6.96. The van der Waals surface area contributed by atoms with Gasteiger partial charge in [0.15, 0.2) is 5.96 Å². The number of likely N-dealkylation sites (tertiary alicyclic amines) is 1. The number of nitrogens with one attached hydrogen (secondary N) is 2. The molecule has 0 spiro atoms. The van der Waals surface area contributed by atoms with Crippen molar-refractivity contribution in [2.24, 2.45) is 4.99 Å². The lowest BCUT2D eigenvalue weighted by Gasteiger charge is -2.32. The Morgan fingerprint density at radius 2 is 1.89 bits per heavy atom. The summed E-state index contributed by atoms with van der Waals surface area (Å²) < 4.78 is 4.73. The van der Waals surface area contributed by atoms with Crippen LogP contribution in [0.1, 0.15) is 49.0 Å². The van der Waals surface area contributed by atoms with Gasteiger partial charge in [-0.15, -0.1) is 24.0 Å². The molecule has 1 fully saturated rings. The number of guanidine groups is 1. The highest BCUT2D eigenvalue weighted by Gasteiger charge is 2.19. The highest BCUT2D eigenvalue weighted by Crippen LogP contribution is 2.10. The van der Waals surface area contributed by atoms with Gasteiger partial charge in [0, 0.05) is 32.2 Å². The van der Waals surface area contributed by atoms with Crippen molar-refractivity contribution in [2.45, 2.75) is 45.6 Å². The molecule has 1 aromatic carbocycles. The van der Waals surface area contributed by atoms with Crippen molar-refractivity contribution in [3.8, 4) is 0 Å². The third-order valence-corrected chi connectivity index (χ3v) is 4.86. The van der Waals surface area contributed by atoms with Crippen LogP contribution in [0.15, 0.2) is 29.3 Å². The summed E-state index contributed by atoms with van der Waals surface area (Å²) in [5.74, 6) is 0.598. The van der Waals surface area contributed by atoms with E-state index >= 15 is 0 Å². The van der Waals surface area contributed by atoms with Gasteiger partial charge >= 0.3 is 5.97 Å². The number of ether oxygens (including phenoxy) is 1. The van der Waals surface area contributed by atoms with Crippen LogP contribution in [0.4, 0.5) is 0 Å². The monoisotopic (exact) mass is 502 g/mol. The number of carbonyl (C=O) groups is 1. The van der Waals surface area contributed by atoms with Gasteiger partial charge in [0.05, 0.1) is 12.7 Å². The molecule has 1 aromatic rings. The second-order valence-electron chi connectivity index (χ2n) is 6.96. The summed E-state index contributed by atoms with van der Waals surface area (Å²) in [5.41, 5.74) is 1.74. The first-order valence-electron chi connectivity index (χ1n) is 10.1. The van der Waals surface area contributed by atoms with Gasteiger partial charge in [0.25, 0.3) is 0 Å². The summed E-state index contributed by atoms with van der Waals surface area (Å²) in [7, 11) is 1.40. The predicted molar refractivity (Wildman–Crippen MR) is 126 cm³/mol. The standard InChI is InChI=1S/C21H34N4O2.HI/c1-4-14-25-15-11-19(12-16-25)24-21(22-5-2)23-13-10-17-6-8-18(9-7-17)20(26)27-3;/h6-9,19H,4-5,10-16H2,1-3H3,(H2,22,23,24);1H. The minimum atomic E-state index is -0.303. The molecule has 7 heteroatoms. The molecule has 28 heavy (non-hydrogen) atoms. The Morgan fingerprint density at radius 1 is 1.21 bits per heavy atom. The first-order chi connectivity index (χ1) is 13.2. The Kier molecular flexibility index (Phi) is 12.1. The largest absolute Gasteiger partial charge is 0.465 e. The van der Waals surface area contributed by atoms with E-state index in [0.29, 0.717) is 18.2 Å². The van der Waals surface area contributed by atoms with E-state index in [9.17, 15) is 4.79 Å². The van der Waals surface area contributed by atoms with Crippen LogP contribution in [-0.4, -0.2) is 62.7 Å². The number of aliphatic imine (C=N–C) groups is 1. The number of benzene rings is 1. The van der Waals surface area contributed by atoms with Crippen LogP contribution in [0.2, 0.25) is 0 Å². The van der Waals surface area contributed by atoms with E-state index in [1.165, 1.54) is 32.9 Å². The van der Waals surface area contributed by atoms with Gasteiger partial charge in [-0.3, -0.25) is 4.99 Å². The number of hydrogen-bond donors (Lipinski definition) is 2. The van der Waals surface area contributed by atoms with E-state index in [1.807, 2.05) is 12.1 Å². The number of carbonyl (C=O) groups excluding carboxylic acids is 1. The van der Waals surface area contributed by atoms with Crippen molar-refractivity contribution >= 4 is 35.9 Å². The molecule has 1 heterocycles. The Balaban J connectivity index is 0.00000392. The molecule has 2 rings (SSSR count). The predicted octanol–water partition coefficient (Wildman–Crippen LogP) is 3.06. The minimum Gasteiger partial charge on any atom is -0.465 e. The molecule has 0 aliphatic carbocycles. The van der Waals surface area contributed by atoms with Crippen LogP contribution in [0, 0.1) is 0 Å². The van der Waals surface area contributed by atoms with Crippen molar-refractivity contribution in [2.75, 3.05) is 39.8 Å². The van der Waals surface area contributed by atoms with Crippen LogP contribution < -0.4 is 10.6 Å². The quantitative estimate of drug-likeness (QED) is 0.248. The average Bonchev–Trinajstić information content (AvgIpc) is 2.70. The Labute approximate surface area is 186 Å². The van der Waals surface area contributed by atoms with Gasteiger partial charge in [-0.05, 0) is 56.8 Å².